The minimum Gasteiger partial charge on any atom is -0.392 e. The zero-order valence-electron chi connectivity index (χ0n) is 11.2. The molecule has 0 aromatic carbocycles. The average Bonchev–Trinajstić information content (AvgIpc) is 2.17. The molecule has 0 spiro atoms. The Morgan fingerprint density at radius 1 is 0.812 bits per heavy atom. The highest BCUT2D eigenvalue weighted by Gasteiger charge is 1.91. The smallest absolute Gasteiger partial charge is 0.0614 e. The summed E-state index contributed by atoms with van der Waals surface area (Å²) in [6, 6.07) is 0. The lowest BCUT2D eigenvalue weighted by molar-refractivity contribution is 0.341. The molecule has 1 N–H and O–H groups in total. The van der Waals surface area contributed by atoms with Crippen LogP contribution in [-0.4, -0.2) is 11.7 Å². The van der Waals surface area contributed by atoms with E-state index in [-0.39, 0.29) is 6.61 Å². The van der Waals surface area contributed by atoms with Gasteiger partial charge >= 0.3 is 0 Å². The summed E-state index contributed by atoms with van der Waals surface area (Å²) in [6.07, 6.45) is 10.9. The molecule has 0 amide bonds. The quantitative estimate of drug-likeness (QED) is 0.633. The van der Waals surface area contributed by atoms with Crippen LogP contribution in [-0.2, 0) is 0 Å². The fraction of sp³-hybridized carbons (Fsp3) is 0.600. The molecule has 0 aliphatic carbocycles. The average molecular weight is 222 g/mol. The number of hydrogen-bond donors (Lipinski definition) is 1. The highest BCUT2D eigenvalue weighted by atomic mass is 16.2. The Morgan fingerprint density at radius 3 is 1.81 bits per heavy atom. The van der Waals surface area contributed by atoms with Crippen molar-refractivity contribution in [3.8, 4) is 0 Å². The summed E-state index contributed by atoms with van der Waals surface area (Å²) in [7, 11) is 0. The van der Waals surface area contributed by atoms with E-state index in [4.69, 9.17) is 5.11 Å². The van der Waals surface area contributed by atoms with Crippen LogP contribution < -0.4 is 0 Å². The predicted molar refractivity (Wildman–Crippen MR) is 72.5 cm³/mol. The third-order valence-electron chi connectivity index (χ3n) is 2.56. The first-order chi connectivity index (χ1) is 7.56. The molecule has 0 aromatic heterocycles. The molecule has 0 fully saturated rings. The molecule has 0 aliphatic heterocycles. The molecule has 0 unspecified atom stereocenters. The SMILES string of the molecule is CC(C)=CCCC(C)=CCC/C(C)=C/CO. The van der Waals surface area contributed by atoms with Gasteiger partial charge < -0.3 is 5.11 Å². The molecule has 92 valence electrons. The number of allylic oxidation sites excluding steroid dienone is 5. The molecule has 0 saturated heterocycles. The van der Waals surface area contributed by atoms with Crippen LogP contribution in [0.5, 0.6) is 0 Å². The Labute approximate surface area is 101 Å². The van der Waals surface area contributed by atoms with E-state index >= 15 is 0 Å². The maximum absolute atomic E-state index is 8.72. The third kappa shape index (κ3) is 9.72. The number of aliphatic hydroxyl groups is 1. The van der Waals surface area contributed by atoms with Gasteiger partial charge in [-0.2, -0.15) is 0 Å². The largest absolute Gasteiger partial charge is 0.392 e. The lowest BCUT2D eigenvalue weighted by atomic mass is 10.1. The molecule has 0 saturated carbocycles. The molecule has 0 rings (SSSR count). The van der Waals surface area contributed by atoms with Gasteiger partial charge in [0.2, 0.25) is 0 Å². The van der Waals surface area contributed by atoms with Gasteiger partial charge in [-0.15, -0.1) is 0 Å². The number of aliphatic hydroxyl groups excluding tert-OH is 1. The predicted octanol–water partition coefficient (Wildman–Crippen LogP) is 4.40. The Bertz CT molecular complexity index is 265. The van der Waals surface area contributed by atoms with E-state index in [9.17, 15) is 0 Å². The van der Waals surface area contributed by atoms with Gasteiger partial charge in [0.25, 0.3) is 0 Å². The summed E-state index contributed by atoms with van der Waals surface area (Å²) in [6.45, 7) is 8.71. The molecule has 0 bridgehead atoms. The van der Waals surface area contributed by atoms with Crippen LogP contribution in [0.3, 0.4) is 0 Å². The number of rotatable bonds is 7. The first-order valence-corrected chi connectivity index (χ1v) is 6.11. The van der Waals surface area contributed by atoms with Gasteiger partial charge in [0.1, 0.15) is 0 Å². The zero-order chi connectivity index (χ0) is 12.4. The van der Waals surface area contributed by atoms with Crippen LogP contribution in [0.2, 0.25) is 0 Å². The van der Waals surface area contributed by atoms with E-state index in [1.807, 2.05) is 6.08 Å². The topological polar surface area (TPSA) is 20.2 Å². The van der Waals surface area contributed by atoms with Crippen molar-refractivity contribution in [1.29, 1.82) is 0 Å². The van der Waals surface area contributed by atoms with Crippen molar-refractivity contribution >= 4 is 0 Å². The van der Waals surface area contributed by atoms with Gasteiger partial charge in [0, 0.05) is 0 Å². The number of hydrogen-bond acceptors (Lipinski definition) is 1. The van der Waals surface area contributed by atoms with Crippen molar-refractivity contribution in [2.45, 2.75) is 53.4 Å². The second kappa shape index (κ2) is 9.41. The van der Waals surface area contributed by atoms with E-state index in [1.54, 1.807) is 0 Å². The maximum atomic E-state index is 8.72. The standard InChI is InChI=1S/C15H26O/c1-13(2)7-5-8-14(3)9-6-10-15(4)11-12-16/h7,9,11,16H,5-6,8,10,12H2,1-4H3/b14-9?,15-11+. The van der Waals surface area contributed by atoms with Crippen molar-refractivity contribution in [2.75, 3.05) is 6.61 Å². The fourth-order valence-electron chi connectivity index (χ4n) is 1.49. The molecule has 0 aliphatic rings. The van der Waals surface area contributed by atoms with E-state index in [0.29, 0.717) is 0 Å². The molecule has 0 heterocycles. The first-order valence-electron chi connectivity index (χ1n) is 6.11. The zero-order valence-corrected chi connectivity index (χ0v) is 11.2. The monoisotopic (exact) mass is 222 g/mol. The van der Waals surface area contributed by atoms with Crippen LogP contribution in [0.4, 0.5) is 0 Å². The van der Waals surface area contributed by atoms with Crippen molar-refractivity contribution in [3.05, 3.63) is 34.9 Å². The Balaban J connectivity index is 3.79. The van der Waals surface area contributed by atoms with Gasteiger partial charge in [0.05, 0.1) is 6.61 Å². The lowest BCUT2D eigenvalue weighted by Crippen LogP contribution is -1.82. The molecule has 0 radical (unpaired) electrons. The van der Waals surface area contributed by atoms with Crippen molar-refractivity contribution in [2.24, 2.45) is 0 Å². The van der Waals surface area contributed by atoms with Gasteiger partial charge in [-0.3, -0.25) is 0 Å². The van der Waals surface area contributed by atoms with Gasteiger partial charge in [-0.25, -0.2) is 0 Å². The van der Waals surface area contributed by atoms with Crippen LogP contribution in [0.1, 0.15) is 53.4 Å². The van der Waals surface area contributed by atoms with E-state index in [0.717, 1.165) is 25.7 Å². The van der Waals surface area contributed by atoms with Gasteiger partial charge in [-0.05, 0) is 53.4 Å². The van der Waals surface area contributed by atoms with Gasteiger partial charge in [-0.1, -0.05) is 34.9 Å². The van der Waals surface area contributed by atoms with Crippen LogP contribution in [0, 0.1) is 0 Å². The Hall–Kier alpha value is -0.820. The molecule has 0 aromatic rings. The Kier molecular flexibility index (Phi) is 8.93. The second-order valence-electron chi connectivity index (χ2n) is 4.64. The van der Waals surface area contributed by atoms with Crippen molar-refractivity contribution in [3.63, 3.8) is 0 Å². The van der Waals surface area contributed by atoms with Crippen LogP contribution in [0.25, 0.3) is 0 Å². The summed E-state index contributed by atoms with van der Waals surface area (Å²) < 4.78 is 0. The summed E-state index contributed by atoms with van der Waals surface area (Å²) in [4.78, 5) is 0. The fourth-order valence-corrected chi connectivity index (χ4v) is 1.49. The summed E-state index contributed by atoms with van der Waals surface area (Å²) in [5.74, 6) is 0. The van der Waals surface area contributed by atoms with Crippen molar-refractivity contribution < 1.29 is 5.11 Å². The van der Waals surface area contributed by atoms with E-state index in [2.05, 4.69) is 39.8 Å². The molecular weight excluding hydrogens is 196 g/mol. The molecule has 1 heteroatoms. The minimum atomic E-state index is 0.162. The van der Waals surface area contributed by atoms with Crippen LogP contribution in [0.15, 0.2) is 34.9 Å². The third-order valence-corrected chi connectivity index (χ3v) is 2.56. The van der Waals surface area contributed by atoms with Crippen LogP contribution >= 0.6 is 0 Å². The van der Waals surface area contributed by atoms with E-state index < -0.39 is 0 Å². The molecule has 16 heavy (non-hydrogen) atoms. The minimum absolute atomic E-state index is 0.162. The lowest BCUT2D eigenvalue weighted by Gasteiger charge is -2.00. The van der Waals surface area contributed by atoms with E-state index in [1.165, 1.54) is 16.7 Å². The summed E-state index contributed by atoms with van der Waals surface area (Å²) >= 11 is 0. The summed E-state index contributed by atoms with van der Waals surface area (Å²) in [5.41, 5.74) is 4.14. The molecule has 1 nitrogen and oxygen atoms in total. The van der Waals surface area contributed by atoms with Gasteiger partial charge in [0.15, 0.2) is 0 Å². The first kappa shape index (κ1) is 15.2. The normalized spacial score (nSPS) is 12.8. The highest BCUT2D eigenvalue weighted by Crippen LogP contribution is 2.10. The molecule has 0 atom stereocenters. The van der Waals surface area contributed by atoms with Crippen molar-refractivity contribution in [1.82, 2.24) is 0 Å². The highest BCUT2D eigenvalue weighted by molar-refractivity contribution is 5.05. The molecular formula is C15H26O. The second-order valence-corrected chi connectivity index (χ2v) is 4.64. The Morgan fingerprint density at radius 2 is 1.31 bits per heavy atom. The summed E-state index contributed by atoms with van der Waals surface area (Å²) in [5, 5.41) is 8.72. The maximum Gasteiger partial charge on any atom is 0.0614 e.